The molecule has 13 nitrogen and oxygen atoms in total. The summed E-state index contributed by atoms with van der Waals surface area (Å²) in [6.07, 6.45) is 0.832. The Morgan fingerprint density at radius 3 is 2.00 bits per heavy atom. The molecule has 47 heavy (non-hydrogen) atoms. The van der Waals surface area contributed by atoms with E-state index in [0.717, 1.165) is 11.1 Å². The molecule has 3 aromatic rings. The van der Waals surface area contributed by atoms with Crippen molar-refractivity contribution in [2.75, 3.05) is 11.4 Å². The maximum absolute atomic E-state index is 14.2. The van der Waals surface area contributed by atoms with E-state index in [9.17, 15) is 24.5 Å². The first-order chi connectivity index (χ1) is 22.0. The molecule has 8 N–H and O–H groups in total. The Morgan fingerprint density at radius 1 is 0.894 bits per heavy atom. The lowest BCUT2D eigenvalue weighted by Crippen LogP contribution is -2.58. The molecule has 3 aromatic carbocycles. The van der Waals surface area contributed by atoms with Crippen LogP contribution in [0.5, 0.6) is 0 Å². The van der Waals surface area contributed by atoms with Gasteiger partial charge in [0, 0.05) is 24.4 Å². The summed E-state index contributed by atoms with van der Waals surface area (Å²) in [6, 6.07) is 21.2. The number of hydrogen-bond donors (Lipinski definition) is 6. The third kappa shape index (κ3) is 12.0. The van der Waals surface area contributed by atoms with Crippen LogP contribution in [-0.2, 0) is 27.3 Å². The second-order valence-electron chi connectivity index (χ2n) is 11.3. The molecule has 0 saturated heterocycles. The van der Waals surface area contributed by atoms with Crippen LogP contribution >= 0.6 is 12.4 Å². The van der Waals surface area contributed by atoms with E-state index in [-0.39, 0.29) is 55.9 Å². The van der Waals surface area contributed by atoms with Crippen LogP contribution in [0.4, 0.5) is 11.4 Å². The number of carbonyl (C=O) groups is 3. The highest BCUT2D eigenvalue weighted by Gasteiger charge is 2.32. The molecule has 14 heteroatoms. The highest BCUT2D eigenvalue weighted by molar-refractivity contribution is 6.00. The molecule has 0 unspecified atom stereocenters. The number of rotatable bonds is 16. The molecular weight excluding hydrogens is 624 g/mol. The van der Waals surface area contributed by atoms with Gasteiger partial charge in [-0.3, -0.25) is 29.9 Å². The number of nitro groups is 1. The van der Waals surface area contributed by atoms with Gasteiger partial charge < -0.3 is 32.3 Å². The lowest BCUT2D eigenvalue weighted by atomic mass is 10.00. The summed E-state index contributed by atoms with van der Waals surface area (Å²) in [4.78, 5) is 53.2. The summed E-state index contributed by atoms with van der Waals surface area (Å²) in [5, 5.41) is 27.0. The summed E-state index contributed by atoms with van der Waals surface area (Å²) in [7, 11) is 0. The van der Waals surface area contributed by atoms with Crippen molar-refractivity contribution in [1.82, 2.24) is 16.0 Å². The standard InChI is InChI=1S/C33H42N8O5.ClH/c1-22(2)29(39-30(42)27(34)20-23-10-5-3-6-11-23)31(43)38-28(14-9-19-37-33(35)36)32(44)40(21-24-12-7-4-8-13-24)25-15-17-26(18-16-25)41(45)46;/h3-8,10-13,15-18,22,27-29H,9,14,19-21,34H2,1-2H3,(H,38,43)(H,39,42)(H4,35,36,37);1H/t27-,28-,29-;/m0./s1. The molecule has 3 rings (SSSR count). The van der Waals surface area contributed by atoms with Crippen LogP contribution in [0.3, 0.4) is 0 Å². The fraction of sp³-hybridized carbons (Fsp3) is 0.333. The Bertz CT molecular complexity index is 1480. The number of benzene rings is 3. The molecular formula is C33H43ClN8O5. The molecule has 0 aliphatic carbocycles. The van der Waals surface area contributed by atoms with Crippen LogP contribution in [0.2, 0.25) is 0 Å². The van der Waals surface area contributed by atoms with Gasteiger partial charge in [0.25, 0.3) is 5.69 Å². The number of carbonyl (C=O) groups excluding carboxylic acids is 3. The molecule has 252 valence electrons. The topological polar surface area (TPSA) is 210 Å². The number of amides is 3. The highest BCUT2D eigenvalue weighted by atomic mass is 35.5. The average molecular weight is 667 g/mol. The molecule has 3 amide bonds. The normalized spacial score (nSPS) is 12.5. The Hall–Kier alpha value is -5.01. The van der Waals surface area contributed by atoms with Crippen LogP contribution in [0, 0.1) is 21.4 Å². The zero-order chi connectivity index (χ0) is 33.6. The predicted molar refractivity (Wildman–Crippen MR) is 184 cm³/mol. The van der Waals surface area contributed by atoms with Gasteiger partial charge in [0.15, 0.2) is 5.96 Å². The molecule has 0 aliphatic rings. The number of hydrogen-bond acceptors (Lipinski definition) is 7. The smallest absolute Gasteiger partial charge is 0.269 e. The zero-order valence-electron chi connectivity index (χ0n) is 26.4. The van der Waals surface area contributed by atoms with Gasteiger partial charge in [-0.05, 0) is 48.4 Å². The fourth-order valence-corrected chi connectivity index (χ4v) is 4.81. The minimum Gasteiger partial charge on any atom is -0.370 e. The van der Waals surface area contributed by atoms with Gasteiger partial charge >= 0.3 is 0 Å². The number of non-ortho nitro benzene ring substituents is 1. The maximum atomic E-state index is 14.2. The monoisotopic (exact) mass is 666 g/mol. The SMILES string of the molecule is CC(C)[C@H](NC(=O)[C@@H](N)Cc1ccccc1)C(=O)N[C@@H](CCCNC(=N)N)C(=O)N(Cc1ccccc1)c1ccc([N+](=O)[O-])cc1.Cl. The molecule has 0 saturated carbocycles. The van der Waals surface area contributed by atoms with Crippen molar-refractivity contribution in [2.45, 2.75) is 57.8 Å². The summed E-state index contributed by atoms with van der Waals surface area (Å²) >= 11 is 0. The molecule has 0 aliphatic heterocycles. The van der Waals surface area contributed by atoms with E-state index >= 15 is 0 Å². The lowest BCUT2D eigenvalue weighted by molar-refractivity contribution is -0.384. The van der Waals surface area contributed by atoms with Crippen molar-refractivity contribution in [3.05, 3.63) is 106 Å². The van der Waals surface area contributed by atoms with E-state index in [1.165, 1.54) is 29.2 Å². The Balaban J connectivity index is 0.00000768. The third-order valence-corrected chi connectivity index (χ3v) is 7.30. The van der Waals surface area contributed by atoms with Crippen LogP contribution < -0.4 is 32.3 Å². The molecule has 0 heterocycles. The van der Waals surface area contributed by atoms with Gasteiger partial charge in [-0.2, -0.15) is 0 Å². The summed E-state index contributed by atoms with van der Waals surface area (Å²) in [5.41, 5.74) is 13.6. The van der Waals surface area contributed by atoms with Crippen LogP contribution in [0.25, 0.3) is 0 Å². The van der Waals surface area contributed by atoms with E-state index in [1.807, 2.05) is 60.7 Å². The van der Waals surface area contributed by atoms with Crippen molar-refractivity contribution < 1.29 is 19.3 Å². The summed E-state index contributed by atoms with van der Waals surface area (Å²) in [6.45, 7) is 3.97. The van der Waals surface area contributed by atoms with E-state index in [0.29, 0.717) is 12.1 Å². The maximum Gasteiger partial charge on any atom is 0.269 e. The Morgan fingerprint density at radius 2 is 1.47 bits per heavy atom. The van der Waals surface area contributed by atoms with Crippen LogP contribution in [0.1, 0.15) is 37.8 Å². The van der Waals surface area contributed by atoms with Crippen molar-refractivity contribution in [3.8, 4) is 0 Å². The molecule has 3 atom stereocenters. The lowest BCUT2D eigenvalue weighted by Gasteiger charge is -2.30. The number of nitro benzene ring substituents is 1. The summed E-state index contributed by atoms with van der Waals surface area (Å²) in [5.74, 6) is -2.07. The average Bonchev–Trinajstić information content (AvgIpc) is 3.04. The van der Waals surface area contributed by atoms with Gasteiger partial charge in [0.05, 0.1) is 17.5 Å². The van der Waals surface area contributed by atoms with Gasteiger partial charge in [-0.15, -0.1) is 12.4 Å². The van der Waals surface area contributed by atoms with Crippen molar-refractivity contribution in [3.63, 3.8) is 0 Å². The quantitative estimate of drug-likeness (QED) is 0.0439. The first kappa shape index (κ1) is 38.2. The van der Waals surface area contributed by atoms with E-state index < -0.39 is 40.8 Å². The molecule has 0 radical (unpaired) electrons. The highest BCUT2D eigenvalue weighted by Crippen LogP contribution is 2.23. The van der Waals surface area contributed by atoms with Crippen molar-refractivity contribution in [2.24, 2.45) is 17.4 Å². The number of anilines is 1. The van der Waals surface area contributed by atoms with E-state index in [2.05, 4.69) is 16.0 Å². The predicted octanol–water partition coefficient (Wildman–Crippen LogP) is 3.01. The Kier molecular flexibility index (Phi) is 15.3. The van der Waals surface area contributed by atoms with E-state index in [1.54, 1.807) is 13.8 Å². The van der Waals surface area contributed by atoms with Gasteiger partial charge in [0.1, 0.15) is 12.1 Å². The minimum atomic E-state index is -1.05. The van der Waals surface area contributed by atoms with Gasteiger partial charge in [-0.25, -0.2) is 0 Å². The number of nitrogens with two attached hydrogens (primary N) is 2. The number of halogens is 1. The number of guanidine groups is 1. The molecule has 0 fully saturated rings. The van der Waals surface area contributed by atoms with Crippen LogP contribution in [-0.4, -0.2) is 53.3 Å². The van der Waals surface area contributed by atoms with Crippen molar-refractivity contribution >= 4 is 47.5 Å². The second-order valence-corrected chi connectivity index (χ2v) is 11.3. The van der Waals surface area contributed by atoms with Gasteiger partial charge in [0.2, 0.25) is 17.7 Å². The van der Waals surface area contributed by atoms with E-state index in [4.69, 9.17) is 16.9 Å². The largest absolute Gasteiger partial charge is 0.370 e. The first-order valence-corrected chi connectivity index (χ1v) is 15.0. The molecule has 0 aromatic heterocycles. The zero-order valence-corrected chi connectivity index (χ0v) is 27.2. The molecule has 0 bridgehead atoms. The number of nitrogens with one attached hydrogen (secondary N) is 4. The van der Waals surface area contributed by atoms with Gasteiger partial charge in [-0.1, -0.05) is 74.5 Å². The second kappa shape index (κ2) is 18.8. The van der Waals surface area contributed by atoms with Crippen molar-refractivity contribution in [1.29, 1.82) is 5.41 Å². The third-order valence-electron chi connectivity index (χ3n) is 7.30. The first-order valence-electron chi connectivity index (χ1n) is 15.0. The minimum absolute atomic E-state index is 0. The Labute approximate surface area is 280 Å². The fourth-order valence-electron chi connectivity index (χ4n) is 4.81. The number of nitrogens with zero attached hydrogens (tertiary/aromatic N) is 2. The molecule has 0 spiro atoms. The van der Waals surface area contributed by atoms with Crippen LogP contribution in [0.15, 0.2) is 84.9 Å². The summed E-state index contributed by atoms with van der Waals surface area (Å²) < 4.78 is 0.